The van der Waals surface area contributed by atoms with Gasteiger partial charge < -0.3 is 92.4 Å². The molecule has 2 radical (unpaired) electrons. The second-order valence-corrected chi connectivity index (χ2v) is 9.24. The van der Waals surface area contributed by atoms with Gasteiger partial charge >= 0.3 is 136 Å². The first-order valence-electron chi connectivity index (χ1n) is 4.70. The molecule has 0 aliphatic rings. The summed E-state index contributed by atoms with van der Waals surface area (Å²) < 4.78 is 53.3. The Labute approximate surface area is 429 Å². The predicted molar refractivity (Wildman–Crippen MR) is 151 cm³/mol. The molecule has 0 fully saturated rings. The monoisotopic (exact) mass is 1260 g/mol. The molecule has 0 spiro atoms. The van der Waals surface area contributed by atoms with E-state index in [0.717, 1.165) is 0 Å². The van der Waals surface area contributed by atoms with Crippen LogP contribution in [0, 0.1) is 0 Å². The smallest absolute Gasteiger partial charge is 1.00 e. The van der Waals surface area contributed by atoms with Gasteiger partial charge in [-0.05, 0) is 0 Å². The molecule has 0 amide bonds. The summed E-state index contributed by atoms with van der Waals surface area (Å²) in [6, 6.07) is 0. The van der Waals surface area contributed by atoms with E-state index in [1.807, 2.05) is 0 Å². The molecule has 0 aliphatic heterocycles. The zero-order valence-corrected chi connectivity index (χ0v) is 47.5. The van der Waals surface area contributed by atoms with E-state index < -0.39 is 46.9 Å². The van der Waals surface area contributed by atoms with E-state index in [9.17, 15) is 0 Å². The molecule has 0 heterocycles. The van der Waals surface area contributed by atoms with Gasteiger partial charge in [0, 0.05) is 100 Å². The van der Waals surface area contributed by atoms with Crippen LogP contribution < -0.4 is 88.7 Å². The third-order valence-electron chi connectivity index (χ3n) is 0. The standard InChI is InChI=1S/3Mo.3Na.6H3O4P.6H2S.2V.3H/c;;;;;;6*1-5(2,3)4;;;;;;;;;;;/h;;;;;;6*(H3,1,2,3,4);6*1H2;;;;;/q;;;3*+1;;;;;;;;;;;;;;;3*-1. The molecule has 0 saturated carbocycles. The molecular formula is H33Mo3Na3O24P6S6V2. The second-order valence-electron chi connectivity index (χ2n) is 3.08. The van der Waals surface area contributed by atoms with Crippen molar-refractivity contribution in [3.63, 3.8) is 0 Å². The van der Waals surface area contributed by atoms with E-state index in [-0.39, 0.29) is 274 Å². The summed E-state index contributed by atoms with van der Waals surface area (Å²) in [6.45, 7) is 0. The Kier molecular flexibility index (Phi) is 200. The van der Waals surface area contributed by atoms with E-state index >= 15 is 0 Å². The topological polar surface area (TPSA) is 467 Å². The van der Waals surface area contributed by atoms with Gasteiger partial charge in [0.1, 0.15) is 0 Å². The Bertz CT molecular complexity index is 536. The first-order valence-corrected chi connectivity index (χ1v) is 14.1. The summed E-state index contributed by atoms with van der Waals surface area (Å²) >= 11 is 0. The molecule has 0 aromatic carbocycles. The van der Waals surface area contributed by atoms with Crippen LogP contribution in [0.15, 0.2) is 0 Å². The number of phosphoric acid groups is 6. The Morgan fingerprint density at radius 1 is 0.250 bits per heavy atom. The molecule has 0 saturated heterocycles. The Balaban J connectivity index is -0.00000000653. The van der Waals surface area contributed by atoms with Crippen molar-refractivity contribution in [3.05, 3.63) is 0 Å². The van der Waals surface area contributed by atoms with Crippen molar-refractivity contribution >= 4 is 128 Å². The molecule has 44 heteroatoms. The van der Waals surface area contributed by atoms with Crippen molar-refractivity contribution in [1.29, 1.82) is 0 Å². The number of hydrogen-bond donors (Lipinski definition) is 18. The maximum Gasteiger partial charge on any atom is 1.00 e. The van der Waals surface area contributed by atoms with Gasteiger partial charge in [-0.25, -0.2) is 27.4 Å². The quantitative estimate of drug-likeness (QED) is 0.0791. The van der Waals surface area contributed by atoms with Gasteiger partial charge in [-0.15, -0.1) is 0 Å². The fourth-order valence-electron chi connectivity index (χ4n) is 0. The molecule has 274 valence electrons. The molecule has 0 aromatic rings. The van der Waals surface area contributed by atoms with E-state index in [4.69, 9.17) is 115 Å². The van der Waals surface area contributed by atoms with E-state index in [1.165, 1.54) is 0 Å². The second kappa shape index (κ2) is 66.8. The summed E-state index contributed by atoms with van der Waals surface area (Å²) in [7, 11) is -27.8. The molecule has 18 N–H and O–H groups in total. The van der Waals surface area contributed by atoms with Gasteiger partial charge in [0.2, 0.25) is 0 Å². The predicted octanol–water partition coefficient (Wildman–Crippen LogP) is -13.6. The van der Waals surface area contributed by atoms with Crippen LogP contribution in [-0.4, -0.2) is 88.1 Å². The Morgan fingerprint density at radius 2 is 0.250 bits per heavy atom. The van der Waals surface area contributed by atoms with Gasteiger partial charge in [0.05, 0.1) is 0 Å². The molecule has 0 atom stereocenters. The normalized spacial score (nSPS) is 8.05. The van der Waals surface area contributed by atoms with E-state index in [0.29, 0.717) is 0 Å². The van der Waals surface area contributed by atoms with Gasteiger partial charge in [-0.2, -0.15) is 81.0 Å². The molecule has 0 bridgehead atoms. The first kappa shape index (κ1) is 132. The summed E-state index contributed by atoms with van der Waals surface area (Å²) in [5.74, 6) is 0. The number of hydrogen-bond acceptors (Lipinski definition) is 6. The van der Waals surface area contributed by atoms with Crippen LogP contribution in [0.25, 0.3) is 0 Å². The van der Waals surface area contributed by atoms with Gasteiger partial charge in [-0.1, -0.05) is 0 Å². The molecule has 0 aliphatic carbocycles. The minimum absolute atomic E-state index is 0. The SMILES string of the molecule is O=P(O)(O)O.O=P(O)(O)O.O=P(O)(O)O.O=P(O)(O)O.O=P(O)(O)O.O=P(O)(O)O.S.S.S.S.S.S.[H-].[H-].[H-].[Mo].[Mo].[Mo].[Na+].[Na+].[Na+].[V].[V]. The van der Waals surface area contributed by atoms with Crippen molar-refractivity contribution in [2.45, 2.75) is 0 Å². The van der Waals surface area contributed by atoms with Crippen LogP contribution in [0.3, 0.4) is 0 Å². The van der Waals surface area contributed by atoms with Crippen LogP contribution in [0.1, 0.15) is 4.28 Å². The molecule has 24 nitrogen and oxygen atoms in total. The van der Waals surface area contributed by atoms with Crippen molar-refractivity contribution in [3.8, 4) is 0 Å². The summed E-state index contributed by atoms with van der Waals surface area (Å²) in [6.07, 6.45) is 0. The third-order valence-corrected chi connectivity index (χ3v) is 0. The average molecular weight is 1250 g/mol. The minimum atomic E-state index is -4.64. The van der Waals surface area contributed by atoms with Crippen LogP contribution in [0.4, 0.5) is 0 Å². The Hall–Kier alpha value is 8.99. The summed E-state index contributed by atoms with van der Waals surface area (Å²) in [5.41, 5.74) is 0. The summed E-state index contributed by atoms with van der Waals surface area (Å²) in [4.78, 5) is 129. The molecule has 0 aromatic heterocycles. The molecule has 44 heavy (non-hydrogen) atoms. The zero-order chi connectivity index (χ0) is 27.0. The van der Waals surface area contributed by atoms with Gasteiger partial charge in [0.15, 0.2) is 0 Å². The van der Waals surface area contributed by atoms with Crippen molar-refractivity contribution in [2.24, 2.45) is 0 Å². The minimum Gasteiger partial charge on any atom is -1.00 e. The van der Waals surface area contributed by atoms with E-state index in [2.05, 4.69) is 0 Å². The first-order chi connectivity index (χ1) is 12.0. The largest absolute Gasteiger partial charge is 1.00 e. The van der Waals surface area contributed by atoms with Gasteiger partial charge in [0.25, 0.3) is 0 Å². The van der Waals surface area contributed by atoms with Crippen LogP contribution in [0.2, 0.25) is 0 Å². The summed E-state index contributed by atoms with van der Waals surface area (Å²) in [5, 5.41) is 0. The van der Waals surface area contributed by atoms with Crippen molar-refractivity contribution < 1.29 is 309 Å². The van der Waals surface area contributed by atoms with Gasteiger partial charge in [-0.3, -0.25) is 0 Å². The molecular weight excluding hydrogens is 1220 g/mol. The average Bonchev–Trinajstić information content (AvgIpc) is 1.94. The Morgan fingerprint density at radius 3 is 0.250 bits per heavy atom. The number of rotatable bonds is 0. The van der Waals surface area contributed by atoms with Crippen LogP contribution >= 0.6 is 128 Å². The fraction of sp³-hybridized carbons (Fsp3) is 0. The van der Waals surface area contributed by atoms with Crippen molar-refractivity contribution in [2.75, 3.05) is 0 Å². The third kappa shape index (κ3) is 1580. The molecule has 0 rings (SSSR count). The maximum absolute atomic E-state index is 8.88. The maximum atomic E-state index is 8.88. The van der Waals surface area contributed by atoms with Crippen LogP contribution in [0.5, 0.6) is 0 Å². The van der Waals surface area contributed by atoms with Crippen LogP contribution in [-0.2, 0) is 128 Å². The fourth-order valence-corrected chi connectivity index (χ4v) is 0. The van der Waals surface area contributed by atoms with E-state index in [1.54, 1.807) is 0 Å². The zero-order valence-electron chi connectivity index (χ0n) is 24.3. The van der Waals surface area contributed by atoms with Crippen molar-refractivity contribution in [1.82, 2.24) is 0 Å². The molecule has 0 unspecified atom stereocenters.